The number of ether oxygens (including phenoxy) is 1. The van der Waals surface area contributed by atoms with E-state index in [-0.39, 0.29) is 6.09 Å². The standard InChI is InChI=1S/C16H20BrN3O2/c1-16(2,3)22-15(21)20-8-6-19(7-9-20)14-5-4-12(11-18)10-13(14)17/h4-5,10H,6-9H2,1-3H3. The number of halogens is 1. The molecule has 1 heterocycles. The van der Waals surface area contributed by atoms with E-state index < -0.39 is 5.60 Å². The van der Waals surface area contributed by atoms with Crippen LogP contribution >= 0.6 is 15.9 Å². The second-order valence-electron chi connectivity index (χ2n) is 6.23. The Hall–Kier alpha value is -1.74. The molecule has 0 unspecified atom stereocenters. The van der Waals surface area contributed by atoms with E-state index in [0.717, 1.165) is 23.2 Å². The minimum atomic E-state index is -0.468. The number of carbonyl (C=O) groups excluding carboxylic acids is 1. The molecule has 1 saturated heterocycles. The minimum absolute atomic E-state index is 0.258. The number of amides is 1. The molecule has 1 aliphatic heterocycles. The van der Waals surface area contributed by atoms with E-state index in [9.17, 15) is 4.79 Å². The molecule has 1 aliphatic rings. The van der Waals surface area contributed by atoms with Crippen molar-refractivity contribution >= 4 is 27.7 Å². The Morgan fingerprint density at radius 1 is 1.27 bits per heavy atom. The van der Waals surface area contributed by atoms with Crippen LogP contribution < -0.4 is 4.90 Å². The first-order valence-corrected chi connectivity index (χ1v) is 8.02. The Balaban J connectivity index is 1.98. The average Bonchev–Trinajstić information content (AvgIpc) is 2.45. The van der Waals surface area contributed by atoms with Crippen molar-refractivity contribution < 1.29 is 9.53 Å². The van der Waals surface area contributed by atoms with Gasteiger partial charge in [-0.1, -0.05) is 0 Å². The molecule has 0 N–H and O–H groups in total. The van der Waals surface area contributed by atoms with E-state index in [0.29, 0.717) is 18.7 Å². The Morgan fingerprint density at radius 3 is 2.41 bits per heavy atom. The lowest BCUT2D eigenvalue weighted by Crippen LogP contribution is -2.50. The molecule has 1 fully saturated rings. The van der Waals surface area contributed by atoms with E-state index in [1.807, 2.05) is 32.9 Å². The van der Waals surface area contributed by atoms with Crippen molar-refractivity contribution in [3.05, 3.63) is 28.2 Å². The van der Waals surface area contributed by atoms with Crippen LogP contribution in [-0.2, 0) is 4.74 Å². The molecule has 118 valence electrons. The Bertz CT molecular complexity index is 596. The van der Waals surface area contributed by atoms with E-state index in [1.54, 1.807) is 11.0 Å². The normalized spacial score (nSPS) is 15.4. The van der Waals surface area contributed by atoms with Crippen LogP contribution in [0, 0.1) is 11.3 Å². The molecule has 0 radical (unpaired) electrons. The maximum absolute atomic E-state index is 12.0. The van der Waals surface area contributed by atoms with E-state index in [2.05, 4.69) is 26.9 Å². The molecule has 1 aromatic rings. The van der Waals surface area contributed by atoms with Crippen molar-refractivity contribution in [1.82, 2.24) is 4.90 Å². The fraction of sp³-hybridized carbons (Fsp3) is 0.500. The molecule has 0 atom stereocenters. The van der Waals surface area contributed by atoms with Crippen molar-refractivity contribution in [2.45, 2.75) is 26.4 Å². The van der Waals surface area contributed by atoms with Crippen LogP contribution in [0.5, 0.6) is 0 Å². The summed E-state index contributed by atoms with van der Waals surface area (Å²) in [7, 11) is 0. The number of hydrogen-bond acceptors (Lipinski definition) is 4. The third-order valence-corrected chi connectivity index (χ3v) is 3.98. The number of benzene rings is 1. The second-order valence-corrected chi connectivity index (χ2v) is 7.09. The molecule has 0 aliphatic carbocycles. The largest absolute Gasteiger partial charge is 0.444 e. The van der Waals surface area contributed by atoms with Gasteiger partial charge in [0.15, 0.2) is 0 Å². The van der Waals surface area contributed by atoms with Crippen LogP contribution in [0.25, 0.3) is 0 Å². The molecule has 0 bridgehead atoms. The molecular formula is C16H20BrN3O2. The summed E-state index contributed by atoms with van der Waals surface area (Å²) in [6, 6.07) is 7.68. The zero-order valence-corrected chi connectivity index (χ0v) is 14.7. The maximum Gasteiger partial charge on any atom is 0.410 e. The van der Waals surface area contributed by atoms with Crippen molar-refractivity contribution in [3.63, 3.8) is 0 Å². The third kappa shape index (κ3) is 4.14. The quantitative estimate of drug-likeness (QED) is 0.765. The van der Waals surface area contributed by atoms with Crippen LogP contribution in [0.4, 0.5) is 10.5 Å². The molecule has 1 aromatic carbocycles. The van der Waals surface area contributed by atoms with Crippen LogP contribution in [0.1, 0.15) is 26.3 Å². The van der Waals surface area contributed by atoms with Crippen molar-refractivity contribution in [3.8, 4) is 6.07 Å². The number of anilines is 1. The van der Waals surface area contributed by atoms with Gasteiger partial charge in [0.05, 0.1) is 17.3 Å². The number of nitrogens with zero attached hydrogens (tertiary/aromatic N) is 3. The van der Waals surface area contributed by atoms with Gasteiger partial charge in [-0.2, -0.15) is 5.26 Å². The zero-order chi connectivity index (χ0) is 16.3. The lowest BCUT2D eigenvalue weighted by atomic mass is 10.2. The predicted molar refractivity (Wildman–Crippen MR) is 88.9 cm³/mol. The summed E-state index contributed by atoms with van der Waals surface area (Å²) in [5, 5.41) is 8.91. The highest BCUT2D eigenvalue weighted by Crippen LogP contribution is 2.28. The Kier molecular flexibility index (Phi) is 4.97. The summed E-state index contributed by atoms with van der Waals surface area (Å²) in [4.78, 5) is 16.0. The predicted octanol–water partition coefficient (Wildman–Crippen LogP) is 3.38. The fourth-order valence-corrected chi connectivity index (χ4v) is 2.92. The van der Waals surface area contributed by atoms with Gasteiger partial charge in [0.2, 0.25) is 0 Å². The van der Waals surface area contributed by atoms with Crippen LogP contribution in [0.15, 0.2) is 22.7 Å². The van der Waals surface area contributed by atoms with Gasteiger partial charge in [-0.3, -0.25) is 0 Å². The van der Waals surface area contributed by atoms with Gasteiger partial charge < -0.3 is 14.5 Å². The number of carbonyl (C=O) groups is 1. The second kappa shape index (κ2) is 6.57. The van der Waals surface area contributed by atoms with Gasteiger partial charge >= 0.3 is 6.09 Å². The first kappa shape index (κ1) is 16.6. The minimum Gasteiger partial charge on any atom is -0.444 e. The highest BCUT2D eigenvalue weighted by Gasteiger charge is 2.26. The number of nitriles is 1. The van der Waals surface area contributed by atoms with Crippen LogP contribution in [-0.4, -0.2) is 42.8 Å². The smallest absolute Gasteiger partial charge is 0.410 e. The zero-order valence-electron chi connectivity index (χ0n) is 13.1. The number of piperazine rings is 1. The first-order chi connectivity index (χ1) is 10.3. The summed E-state index contributed by atoms with van der Waals surface area (Å²) in [6.45, 7) is 8.34. The van der Waals surface area contributed by atoms with E-state index in [4.69, 9.17) is 10.00 Å². The molecule has 0 spiro atoms. The van der Waals surface area contributed by atoms with Gasteiger partial charge in [-0.25, -0.2) is 4.79 Å². The maximum atomic E-state index is 12.0. The van der Waals surface area contributed by atoms with Crippen molar-refractivity contribution in [2.24, 2.45) is 0 Å². The van der Waals surface area contributed by atoms with Gasteiger partial charge in [-0.15, -0.1) is 0 Å². The van der Waals surface area contributed by atoms with E-state index in [1.165, 1.54) is 0 Å². The fourth-order valence-electron chi connectivity index (χ4n) is 2.29. The first-order valence-electron chi connectivity index (χ1n) is 7.23. The molecule has 0 saturated carbocycles. The summed E-state index contributed by atoms with van der Waals surface area (Å²) in [5.74, 6) is 0. The topological polar surface area (TPSA) is 56.6 Å². The monoisotopic (exact) mass is 365 g/mol. The summed E-state index contributed by atoms with van der Waals surface area (Å²) < 4.78 is 6.30. The lowest BCUT2D eigenvalue weighted by molar-refractivity contribution is 0.0240. The van der Waals surface area contributed by atoms with Gasteiger partial charge in [0, 0.05) is 30.7 Å². The molecule has 22 heavy (non-hydrogen) atoms. The van der Waals surface area contributed by atoms with Crippen molar-refractivity contribution in [2.75, 3.05) is 31.1 Å². The molecule has 5 nitrogen and oxygen atoms in total. The van der Waals surface area contributed by atoms with E-state index >= 15 is 0 Å². The number of hydrogen-bond donors (Lipinski definition) is 0. The van der Waals surface area contributed by atoms with Crippen molar-refractivity contribution in [1.29, 1.82) is 5.26 Å². The molecule has 6 heteroatoms. The summed E-state index contributed by atoms with van der Waals surface area (Å²) in [5.41, 5.74) is 1.20. The lowest BCUT2D eigenvalue weighted by Gasteiger charge is -2.37. The highest BCUT2D eigenvalue weighted by atomic mass is 79.9. The molecule has 2 rings (SSSR count). The molecular weight excluding hydrogens is 346 g/mol. The van der Waals surface area contributed by atoms with Gasteiger partial charge in [0.25, 0.3) is 0 Å². The van der Waals surface area contributed by atoms with Gasteiger partial charge in [-0.05, 0) is 54.9 Å². The Morgan fingerprint density at radius 2 is 1.91 bits per heavy atom. The highest BCUT2D eigenvalue weighted by molar-refractivity contribution is 9.10. The average molecular weight is 366 g/mol. The molecule has 0 aromatic heterocycles. The molecule has 1 amide bonds. The SMILES string of the molecule is CC(C)(C)OC(=O)N1CCN(c2ccc(C#N)cc2Br)CC1. The summed E-state index contributed by atoms with van der Waals surface area (Å²) in [6.07, 6.45) is -0.258. The third-order valence-electron chi connectivity index (χ3n) is 3.35. The van der Waals surface area contributed by atoms with Crippen LogP contribution in [0.3, 0.4) is 0 Å². The van der Waals surface area contributed by atoms with Crippen LogP contribution in [0.2, 0.25) is 0 Å². The van der Waals surface area contributed by atoms with Gasteiger partial charge in [0.1, 0.15) is 5.60 Å². The Labute approximate surface area is 139 Å². The number of rotatable bonds is 1. The summed E-state index contributed by atoms with van der Waals surface area (Å²) >= 11 is 3.51.